The fourth-order valence-corrected chi connectivity index (χ4v) is 3.66. The van der Waals surface area contributed by atoms with Gasteiger partial charge >= 0.3 is 5.97 Å². The van der Waals surface area contributed by atoms with Crippen molar-refractivity contribution in [2.45, 2.75) is 52.6 Å². The molecule has 1 heterocycles. The number of hydrogen-bond acceptors (Lipinski definition) is 5. The smallest absolute Gasteiger partial charge is 0.359 e. The van der Waals surface area contributed by atoms with Crippen LogP contribution in [0.4, 0.5) is 0 Å². The van der Waals surface area contributed by atoms with Gasteiger partial charge in [0, 0.05) is 25.5 Å². The molecule has 1 aromatic heterocycles. The Morgan fingerprint density at radius 1 is 1.00 bits per heavy atom. The van der Waals surface area contributed by atoms with Crippen molar-refractivity contribution in [3.05, 3.63) is 75.7 Å². The number of fused-ring (bicyclic) bond motifs is 1. The second-order valence-corrected chi connectivity index (χ2v) is 8.24. The van der Waals surface area contributed by atoms with Crippen LogP contribution in [0.5, 0.6) is 0 Å². The fraction of sp³-hybridized carbons (Fsp3) is 0.385. The molecule has 0 unspecified atom stereocenters. The predicted molar refractivity (Wildman–Crippen MR) is 128 cm³/mol. The van der Waals surface area contributed by atoms with Gasteiger partial charge in [0.05, 0.1) is 5.39 Å². The minimum Gasteiger partial charge on any atom is -0.451 e. The minimum atomic E-state index is -0.717. The topological polar surface area (TPSA) is 81.5 Å². The Labute approximate surface area is 194 Å². The van der Waals surface area contributed by atoms with Gasteiger partial charge in [-0.1, -0.05) is 68.7 Å². The molecule has 7 heteroatoms. The Morgan fingerprint density at radius 2 is 1.70 bits per heavy atom. The third-order valence-corrected chi connectivity index (χ3v) is 5.71. The van der Waals surface area contributed by atoms with E-state index in [9.17, 15) is 14.4 Å². The molecule has 0 spiro atoms. The second kappa shape index (κ2) is 11.4. The maximum Gasteiger partial charge on any atom is 0.359 e. The number of nitrogens with zero attached hydrogens (tertiary/aromatic N) is 3. The highest BCUT2D eigenvalue weighted by Gasteiger charge is 2.20. The average Bonchev–Trinajstić information content (AvgIpc) is 2.82. The molecule has 3 aromatic rings. The number of unbranched alkanes of at least 4 members (excludes halogenated alkanes) is 3. The molecular formula is C26H31N3O4. The van der Waals surface area contributed by atoms with E-state index >= 15 is 0 Å². The number of likely N-dealkylation sites (N-methyl/N-ethyl adjacent to an activating group) is 1. The summed E-state index contributed by atoms with van der Waals surface area (Å²) in [6.45, 7) is 4.57. The SMILES string of the molecule is CCCCCCn1nc(C(=O)OCC(=O)N(C)Cc2ccccc2C)c2ccccc2c1=O. The van der Waals surface area contributed by atoms with Crippen molar-refractivity contribution in [1.29, 1.82) is 0 Å². The lowest BCUT2D eigenvalue weighted by molar-refractivity contribution is -0.133. The second-order valence-electron chi connectivity index (χ2n) is 8.24. The molecule has 3 rings (SSSR count). The van der Waals surface area contributed by atoms with E-state index in [1.165, 1.54) is 9.58 Å². The molecule has 174 valence electrons. The van der Waals surface area contributed by atoms with Crippen molar-refractivity contribution < 1.29 is 14.3 Å². The Kier molecular flexibility index (Phi) is 8.35. The zero-order valence-electron chi connectivity index (χ0n) is 19.5. The van der Waals surface area contributed by atoms with Crippen LogP contribution in [0.2, 0.25) is 0 Å². The predicted octanol–water partition coefficient (Wildman–Crippen LogP) is 4.10. The van der Waals surface area contributed by atoms with Crippen LogP contribution in [0.25, 0.3) is 10.8 Å². The van der Waals surface area contributed by atoms with E-state index in [2.05, 4.69) is 12.0 Å². The maximum atomic E-state index is 12.9. The number of amides is 1. The maximum absolute atomic E-state index is 12.9. The first-order chi connectivity index (χ1) is 15.9. The molecule has 0 fully saturated rings. The highest BCUT2D eigenvalue weighted by molar-refractivity contribution is 6.02. The summed E-state index contributed by atoms with van der Waals surface area (Å²) in [5.74, 6) is -1.03. The molecule has 0 radical (unpaired) electrons. The Balaban J connectivity index is 1.73. The van der Waals surface area contributed by atoms with E-state index in [4.69, 9.17) is 4.74 Å². The molecule has 0 aliphatic rings. The zero-order chi connectivity index (χ0) is 23.8. The minimum absolute atomic E-state index is 0.0510. The highest BCUT2D eigenvalue weighted by atomic mass is 16.5. The molecule has 0 atom stereocenters. The molecule has 1 amide bonds. The van der Waals surface area contributed by atoms with Gasteiger partial charge in [-0.2, -0.15) is 5.10 Å². The molecule has 2 aromatic carbocycles. The fourth-order valence-electron chi connectivity index (χ4n) is 3.66. The van der Waals surface area contributed by atoms with Crippen LogP contribution in [0.15, 0.2) is 53.3 Å². The van der Waals surface area contributed by atoms with Gasteiger partial charge in [-0.05, 0) is 30.5 Å². The number of ether oxygens (including phenoxy) is 1. The van der Waals surface area contributed by atoms with Gasteiger partial charge in [0.25, 0.3) is 11.5 Å². The van der Waals surface area contributed by atoms with Crippen LogP contribution in [-0.2, 0) is 22.6 Å². The van der Waals surface area contributed by atoms with Crippen molar-refractivity contribution in [1.82, 2.24) is 14.7 Å². The summed E-state index contributed by atoms with van der Waals surface area (Å²) in [5, 5.41) is 5.15. The van der Waals surface area contributed by atoms with Gasteiger partial charge in [0.1, 0.15) is 0 Å². The molecular weight excluding hydrogens is 418 g/mol. The van der Waals surface area contributed by atoms with Crippen LogP contribution in [-0.4, -0.2) is 40.2 Å². The lowest BCUT2D eigenvalue weighted by Crippen LogP contribution is -2.32. The lowest BCUT2D eigenvalue weighted by Gasteiger charge is -2.18. The Hall–Kier alpha value is -3.48. The number of hydrogen-bond donors (Lipinski definition) is 0. The first kappa shape index (κ1) is 24.2. The van der Waals surface area contributed by atoms with E-state index in [-0.39, 0.29) is 17.2 Å². The summed E-state index contributed by atoms with van der Waals surface area (Å²) in [6, 6.07) is 14.7. The van der Waals surface area contributed by atoms with E-state index in [1.807, 2.05) is 31.2 Å². The number of carbonyl (C=O) groups is 2. The molecule has 0 aliphatic carbocycles. The van der Waals surface area contributed by atoms with Gasteiger partial charge in [0.2, 0.25) is 0 Å². The molecule has 0 saturated carbocycles. The highest BCUT2D eigenvalue weighted by Crippen LogP contribution is 2.15. The monoisotopic (exact) mass is 449 g/mol. The number of aromatic nitrogens is 2. The van der Waals surface area contributed by atoms with Gasteiger partial charge in [-0.15, -0.1) is 0 Å². The first-order valence-electron chi connectivity index (χ1n) is 11.4. The summed E-state index contributed by atoms with van der Waals surface area (Å²) in [5.41, 5.74) is 1.94. The van der Waals surface area contributed by atoms with E-state index < -0.39 is 12.6 Å². The van der Waals surface area contributed by atoms with Crippen molar-refractivity contribution in [2.24, 2.45) is 0 Å². The number of benzene rings is 2. The third-order valence-electron chi connectivity index (χ3n) is 5.71. The van der Waals surface area contributed by atoms with E-state index in [0.717, 1.165) is 36.8 Å². The van der Waals surface area contributed by atoms with Crippen molar-refractivity contribution in [3.8, 4) is 0 Å². The van der Waals surface area contributed by atoms with Crippen LogP contribution < -0.4 is 5.56 Å². The normalized spacial score (nSPS) is 10.9. The summed E-state index contributed by atoms with van der Waals surface area (Å²) in [6.07, 6.45) is 3.95. The Morgan fingerprint density at radius 3 is 2.42 bits per heavy atom. The summed E-state index contributed by atoms with van der Waals surface area (Å²) >= 11 is 0. The van der Waals surface area contributed by atoms with Gasteiger partial charge < -0.3 is 9.64 Å². The number of aryl methyl sites for hydroxylation is 2. The lowest BCUT2D eigenvalue weighted by atomic mass is 10.1. The molecule has 33 heavy (non-hydrogen) atoms. The molecule has 7 nitrogen and oxygen atoms in total. The van der Waals surface area contributed by atoms with E-state index in [1.54, 1.807) is 31.3 Å². The molecule has 0 aliphatic heterocycles. The van der Waals surface area contributed by atoms with Gasteiger partial charge in [-0.25, -0.2) is 9.48 Å². The van der Waals surface area contributed by atoms with Crippen LogP contribution in [0.3, 0.4) is 0 Å². The van der Waals surface area contributed by atoms with E-state index in [0.29, 0.717) is 23.9 Å². The summed E-state index contributed by atoms with van der Waals surface area (Å²) in [4.78, 5) is 39.8. The third kappa shape index (κ3) is 6.06. The quantitative estimate of drug-likeness (QED) is 0.344. The van der Waals surface area contributed by atoms with Crippen molar-refractivity contribution in [2.75, 3.05) is 13.7 Å². The largest absolute Gasteiger partial charge is 0.451 e. The van der Waals surface area contributed by atoms with Crippen molar-refractivity contribution >= 4 is 22.6 Å². The van der Waals surface area contributed by atoms with Crippen LogP contribution in [0, 0.1) is 6.92 Å². The van der Waals surface area contributed by atoms with Crippen molar-refractivity contribution in [3.63, 3.8) is 0 Å². The number of esters is 1. The average molecular weight is 450 g/mol. The number of rotatable bonds is 10. The zero-order valence-corrected chi connectivity index (χ0v) is 19.5. The first-order valence-corrected chi connectivity index (χ1v) is 11.4. The van der Waals surface area contributed by atoms with Crippen LogP contribution >= 0.6 is 0 Å². The standard InChI is InChI=1S/C26H31N3O4/c1-4-5-6-11-16-29-25(31)22-15-10-9-14-21(22)24(27-29)26(32)33-18-23(30)28(3)17-20-13-8-7-12-19(20)2/h7-10,12-15H,4-6,11,16-18H2,1-3H3. The van der Waals surface area contributed by atoms with Gasteiger partial charge in [0.15, 0.2) is 12.3 Å². The molecule has 0 N–H and O–H groups in total. The molecule has 0 bridgehead atoms. The number of carbonyl (C=O) groups excluding carboxylic acids is 2. The van der Waals surface area contributed by atoms with Crippen LogP contribution in [0.1, 0.15) is 54.2 Å². The van der Waals surface area contributed by atoms with Gasteiger partial charge in [-0.3, -0.25) is 9.59 Å². The summed E-state index contributed by atoms with van der Waals surface area (Å²) < 4.78 is 6.65. The summed E-state index contributed by atoms with van der Waals surface area (Å²) in [7, 11) is 1.67. The molecule has 0 saturated heterocycles. The Bertz CT molecular complexity index is 1190.